The predicted molar refractivity (Wildman–Crippen MR) is 131 cm³/mol. The minimum atomic E-state index is -2.07. The first-order valence-corrected chi connectivity index (χ1v) is 14.8. The third kappa shape index (κ3) is 7.50. The van der Waals surface area contributed by atoms with E-state index in [0.717, 1.165) is 30.9 Å². The molecule has 5 nitrogen and oxygen atoms in total. The van der Waals surface area contributed by atoms with Gasteiger partial charge in [-0.25, -0.2) is 0 Å². The molecule has 0 heterocycles. The van der Waals surface area contributed by atoms with Crippen LogP contribution in [-0.4, -0.2) is 51.5 Å². The highest BCUT2D eigenvalue weighted by atomic mass is 28.4. The fourth-order valence-corrected chi connectivity index (χ4v) is 6.62. The summed E-state index contributed by atoms with van der Waals surface area (Å²) in [5.74, 6) is 1.14. The summed E-state index contributed by atoms with van der Waals surface area (Å²) < 4.78 is 16.9. The third-order valence-corrected chi connectivity index (χ3v) is 10.4. The van der Waals surface area contributed by atoms with Crippen LogP contribution in [0.3, 0.4) is 0 Å². The molecule has 0 saturated heterocycles. The van der Waals surface area contributed by atoms with Crippen molar-refractivity contribution in [3.8, 4) is 0 Å². The smallest absolute Gasteiger partial charge is 0.334 e. The molecule has 4 unspecified atom stereocenters. The highest BCUT2D eigenvalue weighted by Crippen LogP contribution is 2.33. The second kappa shape index (κ2) is 12.4. The molecule has 3 rings (SSSR count). The van der Waals surface area contributed by atoms with Crippen LogP contribution in [0, 0.1) is 5.92 Å². The molecule has 2 N–H and O–H groups in total. The monoisotopic (exact) mass is 462 g/mol. The number of rotatable bonds is 10. The molecule has 6 heteroatoms. The quantitative estimate of drug-likeness (QED) is 0.361. The molecule has 32 heavy (non-hydrogen) atoms. The van der Waals surface area contributed by atoms with E-state index in [2.05, 4.69) is 30.8 Å². The Hall–Kier alpha value is -1.02. The van der Waals surface area contributed by atoms with Crippen LogP contribution in [0.1, 0.15) is 74.8 Å². The molecule has 2 aliphatic rings. The van der Waals surface area contributed by atoms with Gasteiger partial charge in [-0.3, -0.25) is 0 Å². The van der Waals surface area contributed by atoms with Gasteiger partial charge < -0.3 is 23.8 Å². The maximum atomic E-state index is 10.6. The molecule has 0 aromatic heterocycles. The van der Waals surface area contributed by atoms with Crippen LogP contribution in [-0.2, 0) is 13.6 Å². The maximum absolute atomic E-state index is 10.6. The van der Waals surface area contributed by atoms with E-state index in [1.54, 1.807) is 20.3 Å². The van der Waals surface area contributed by atoms with E-state index >= 15 is 0 Å². The summed E-state index contributed by atoms with van der Waals surface area (Å²) in [7, 11) is 1.37. The number of aliphatic hydroxyl groups is 2. The topological polar surface area (TPSA) is 68.2 Å². The average Bonchev–Trinajstić information content (AvgIpc) is 2.83. The molecule has 180 valence electrons. The second-order valence-electron chi connectivity index (χ2n) is 9.75. The standard InChI is InChI=1S/C26H42O5Si/c1-29-32(3,30-2)18-17-21-11-15-25(24(27)19-21)31-26(28)16-12-20-9-13-23(14-10-20)22-7-5-4-6-8-22/h9-10,12-14,16,21-22,24-28H,4-8,11,15,17-19H2,1-3H3/b16-12+. The summed E-state index contributed by atoms with van der Waals surface area (Å²) in [6.07, 6.45) is 11.7. The van der Waals surface area contributed by atoms with E-state index in [9.17, 15) is 10.2 Å². The average molecular weight is 463 g/mol. The van der Waals surface area contributed by atoms with E-state index in [1.165, 1.54) is 37.7 Å². The zero-order valence-corrected chi connectivity index (χ0v) is 21.0. The number of hydrogen-bond donors (Lipinski definition) is 2. The summed E-state index contributed by atoms with van der Waals surface area (Å²) >= 11 is 0. The molecule has 0 amide bonds. The van der Waals surface area contributed by atoms with Gasteiger partial charge in [-0.05, 0) is 80.2 Å². The molecule has 0 spiro atoms. The Morgan fingerprint density at radius 3 is 2.34 bits per heavy atom. The van der Waals surface area contributed by atoms with Gasteiger partial charge in [0.15, 0.2) is 6.29 Å². The predicted octanol–water partition coefficient (Wildman–Crippen LogP) is 5.37. The highest BCUT2D eigenvalue weighted by molar-refractivity contribution is 6.65. The van der Waals surface area contributed by atoms with Crippen LogP contribution >= 0.6 is 0 Å². The molecule has 1 aromatic carbocycles. The fraction of sp³-hybridized carbons (Fsp3) is 0.692. The Labute approximate surface area is 195 Å². The normalized spacial score (nSPS) is 26.5. The van der Waals surface area contributed by atoms with Gasteiger partial charge in [0.05, 0.1) is 12.2 Å². The van der Waals surface area contributed by atoms with Crippen molar-refractivity contribution < 1.29 is 23.8 Å². The first-order valence-electron chi connectivity index (χ1n) is 12.3. The van der Waals surface area contributed by atoms with Gasteiger partial charge in [-0.2, -0.15) is 0 Å². The van der Waals surface area contributed by atoms with Gasteiger partial charge in [0.1, 0.15) is 0 Å². The molecule has 0 radical (unpaired) electrons. The summed E-state index contributed by atoms with van der Waals surface area (Å²) in [4.78, 5) is 0. The molecular weight excluding hydrogens is 420 g/mol. The number of benzene rings is 1. The molecule has 2 saturated carbocycles. The van der Waals surface area contributed by atoms with Gasteiger partial charge in [-0.15, -0.1) is 0 Å². The highest BCUT2D eigenvalue weighted by Gasteiger charge is 2.34. The second-order valence-corrected chi connectivity index (χ2v) is 13.3. The molecule has 1 aromatic rings. The van der Waals surface area contributed by atoms with Crippen molar-refractivity contribution >= 4 is 14.6 Å². The zero-order chi connectivity index (χ0) is 23.0. The van der Waals surface area contributed by atoms with Gasteiger partial charge in [0, 0.05) is 14.2 Å². The van der Waals surface area contributed by atoms with E-state index in [4.69, 9.17) is 13.6 Å². The third-order valence-electron chi connectivity index (χ3n) is 7.51. The lowest BCUT2D eigenvalue weighted by Gasteiger charge is -2.34. The van der Waals surface area contributed by atoms with E-state index in [0.29, 0.717) is 18.3 Å². The lowest BCUT2D eigenvalue weighted by molar-refractivity contribution is -0.155. The Morgan fingerprint density at radius 1 is 1.03 bits per heavy atom. The van der Waals surface area contributed by atoms with Crippen molar-refractivity contribution in [3.05, 3.63) is 41.5 Å². The Morgan fingerprint density at radius 2 is 1.72 bits per heavy atom. The summed E-state index contributed by atoms with van der Waals surface area (Å²) in [6.45, 7) is 2.07. The van der Waals surface area contributed by atoms with E-state index < -0.39 is 21.0 Å². The maximum Gasteiger partial charge on any atom is 0.334 e. The van der Waals surface area contributed by atoms with Gasteiger partial charge >= 0.3 is 8.56 Å². The van der Waals surface area contributed by atoms with E-state index in [-0.39, 0.29) is 6.10 Å². The minimum Gasteiger partial charge on any atom is -0.398 e. The Balaban J connectivity index is 1.42. The molecule has 0 bridgehead atoms. The molecule has 2 fully saturated rings. The molecule has 2 aliphatic carbocycles. The summed E-state index contributed by atoms with van der Waals surface area (Å²) in [5, 5.41) is 20.9. The molecular formula is C26H42O5Si. The largest absolute Gasteiger partial charge is 0.398 e. The van der Waals surface area contributed by atoms with E-state index in [1.807, 2.05) is 6.08 Å². The summed E-state index contributed by atoms with van der Waals surface area (Å²) in [5.41, 5.74) is 2.48. The van der Waals surface area contributed by atoms with Crippen LogP contribution in [0.2, 0.25) is 12.6 Å². The summed E-state index contributed by atoms with van der Waals surface area (Å²) in [6, 6.07) is 9.59. The van der Waals surface area contributed by atoms with Crippen molar-refractivity contribution in [2.45, 2.75) is 94.8 Å². The number of aliphatic hydroxyl groups excluding tert-OH is 2. The van der Waals surface area contributed by atoms with Crippen molar-refractivity contribution in [2.24, 2.45) is 5.92 Å². The van der Waals surface area contributed by atoms with Crippen molar-refractivity contribution in [1.82, 2.24) is 0 Å². The van der Waals surface area contributed by atoms with Crippen LogP contribution in [0.25, 0.3) is 6.08 Å². The lowest BCUT2D eigenvalue weighted by atomic mass is 9.84. The molecule has 0 aliphatic heterocycles. The van der Waals surface area contributed by atoms with Gasteiger partial charge in [0.2, 0.25) is 0 Å². The van der Waals surface area contributed by atoms with Crippen LogP contribution in [0.15, 0.2) is 30.3 Å². The SMILES string of the molecule is CO[Si](C)(CCC1CCC(OC(O)/C=C/c2ccc(C3CCCCC3)cc2)C(O)C1)OC. The number of hydrogen-bond acceptors (Lipinski definition) is 5. The van der Waals surface area contributed by atoms with Gasteiger partial charge in [0.25, 0.3) is 0 Å². The van der Waals surface area contributed by atoms with Crippen molar-refractivity contribution in [3.63, 3.8) is 0 Å². The van der Waals surface area contributed by atoms with Gasteiger partial charge in [-0.1, -0.05) is 49.6 Å². The van der Waals surface area contributed by atoms with Crippen LogP contribution in [0.5, 0.6) is 0 Å². The molecule has 4 atom stereocenters. The first kappa shape index (κ1) is 25.6. The Kier molecular flexibility index (Phi) is 9.95. The fourth-order valence-electron chi connectivity index (χ4n) is 5.11. The first-order chi connectivity index (χ1) is 15.4. The van der Waals surface area contributed by atoms with Crippen LogP contribution < -0.4 is 0 Å². The van der Waals surface area contributed by atoms with Crippen molar-refractivity contribution in [2.75, 3.05) is 14.2 Å². The Bertz CT molecular complexity index is 697. The van der Waals surface area contributed by atoms with Crippen molar-refractivity contribution in [1.29, 1.82) is 0 Å². The minimum absolute atomic E-state index is 0.326. The lowest BCUT2D eigenvalue weighted by Crippen LogP contribution is -2.40. The van der Waals surface area contributed by atoms with Crippen LogP contribution in [0.4, 0.5) is 0 Å². The zero-order valence-electron chi connectivity index (χ0n) is 20.0. The number of ether oxygens (including phenoxy) is 1.